The summed E-state index contributed by atoms with van der Waals surface area (Å²) in [6, 6.07) is 1.83. The van der Waals surface area contributed by atoms with Crippen LogP contribution in [-0.2, 0) is 11.3 Å². The van der Waals surface area contributed by atoms with Crippen molar-refractivity contribution >= 4 is 5.97 Å². The maximum Gasteiger partial charge on any atom is 0.309 e. The molecule has 0 aliphatic carbocycles. The van der Waals surface area contributed by atoms with Gasteiger partial charge in [0.15, 0.2) is 18.6 Å². The summed E-state index contributed by atoms with van der Waals surface area (Å²) in [6.07, 6.45) is 5.21. The minimum Gasteiger partial charge on any atom is -0.481 e. The Balaban J connectivity index is 2.17. The Morgan fingerprint density at radius 2 is 2.16 bits per heavy atom. The van der Waals surface area contributed by atoms with Crippen LogP contribution >= 0.6 is 0 Å². The Morgan fingerprint density at radius 1 is 1.37 bits per heavy atom. The van der Waals surface area contributed by atoms with Crippen molar-refractivity contribution in [2.45, 2.75) is 26.8 Å². The summed E-state index contributed by atoms with van der Waals surface area (Å²) in [5.74, 6) is -0.211. The van der Waals surface area contributed by atoms with Gasteiger partial charge in [-0.25, -0.2) is 9.97 Å². The number of hydrogen-bond donors (Lipinski definition) is 1. The van der Waals surface area contributed by atoms with Gasteiger partial charge in [0, 0.05) is 23.5 Å². The quantitative estimate of drug-likeness (QED) is 0.826. The fourth-order valence-electron chi connectivity index (χ4n) is 1.53. The molecule has 0 aliphatic rings. The molecule has 2 aromatic heterocycles. The lowest BCUT2D eigenvalue weighted by Crippen LogP contribution is -2.38. The first-order chi connectivity index (χ1) is 9.06. The molecule has 2 aromatic rings. The molecule has 0 saturated heterocycles. The van der Waals surface area contributed by atoms with Crippen molar-refractivity contribution in [2.24, 2.45) is 0 Å². The summed E-state index contributed by atoms with van der Waals surface area (Å²) < 4.78 is 1.58. The molecule has 0 aliphatic heterocycles. The molecule has 2 rings (SSSR count). The second-order valence-electron chi connectivity index (χ2n) is 4.28. The molecule has 0 radical (unpaired) electrons. The largest absolute Gasteiger partial charge is 0.481 e. The van der Waals surface area contributed by atoms with E-state index in [-0.39, 0.29) is 6.42 Å². The average Bonchev–Trinajstić information content (AvgIpc) is 2.40. The molecule has 0 unspecified atom stereocenters. The van der Waals surface area contributed by atoms with Gasteiger partial charge in [-0.15, -0.1) is 0 Å². The highest BCUT2D eigenvalue weighted by atomic mass is 16.4. The van der Waals surface area contributed by atoms with Gasteiger partial charge >= 0.3 is 5.97 Å². The van der Waals surface area contributed by atoms with E-state index < -0.39 is 5.97 Å². The molecule has 2 heterocycles. The number of aryl methyl sites for hydroxylation is 3. The minimum absolute atomic E-state index is 0.0527. The van der Waals surface area contributed by atoms with Crippen molar-refractivity contribution in [3.05, 3.63) is 35.9 Å². The third-order valence-electron chi connectivity index (χ3n) is 2.81. The molecular weight excluding hydrogens is 244 g/mol. The van der Waals surface area contributed by atoms with Crippen LogP contribution in [0.15, 0.2) is 24.7 Å². The monoisotopic (exact) mass is 259 g/mol. The van der Waals surface area contributed by atoms with E-state index in [1.54, 1.807) is 23.3 Å². The minimum atomic E-state index is -0.837. The lowest BCUT2D eigenvalue weighted by molar-refractivity contribution is -0.752. The van der Waals surface area contributed by atoms with E-state index in [1.807, 2.05) is 19.9 Å². The molecule has 0 fully saturated rings. The fourth-order valence-corrected chi connectivity index (χ4v) is 1.53. The summed E-state index contributed by atoms with van der Waals surface area (Å²) in [7, 11) is 0. The Labute approximate surface area is 110 Å². The summed E-state index contributed by atoms with van der Waals surface area (Å²) in [6.45, 7) is 4.25. The molecule has 98 valence electrons. The number of hydrogen-bond acceptors (Lipinski definition) is 4. The van der Waals surface area contributed by atoms with Crippen LogP contribution in [0, 0.1) is 13.8 Å². The van der Waals surface area contributed by atoms with E-state index >= 15 is 0 Å². The Morgan fingerprint density at radius 3 is 2.74 bits per heavy atom. The van der Waals surface area contributed by atoms with Crippen LogP contribution in [0.25, 0.3) is 11.4 Å². The van der Waals surface area contributed by atoms with E-state index in [4.69, 9.17) is 5.11 Å². The van der Waals surface area contributed by atoms with Crippen molar-refractivity contribution in [3.8, 4) is 11.4 Å². The molecular formula is C13H15N4O2+. The molecule has 0 aromatic carbocycles. The lowest BCUT2D eigenvalue weighted by atomic mass is 10.2. The molecule has 1 N–H and O–H groups in total. The van der Waals surface area contributed by atoms with Gasteiger partial charge in [-0.05, 0) is 24.5 Å². The van der Waals surface area contributed by atoms with Gasteiger partial charge < -0.3 is 5.11 Å². The second-order valence-corrected chi connectivity index (χ2v) is 4.28. The van der Waals surface area contributed by atoms with E-state index in [9.17, 15) is 4.79 Å². The van der Waals surface area contributed by atoms with Crippen LogP contribution < -0.4 is 4.68 Å². The SMILES string of the molecule is Cc1cnc(-c2cc[n+](CCC(=O)O)nc2)nc1C. The van der Waals surface area contributed by atoms with Crippen LogP contribution in [0.2, 0.25) is 0 Å². The van der Waals surface area contributed by atoms with E-state index in [0.717, 1.165) is 16.8 Å². The van der Waals surface area contributed by atoms with Gasteiger partial charge in [0.2, 0.25) is 0 Å². The molecule has 0 saturated carbocycles. The molecule has 0 amide bonds. The first kappa shape index (κ1) is 13.1. The molecule has 19 heavy (non-hydrogen) atoms. The van der Waals surface area contributed by atoms with Gasteiger partial charge in [0.05, 0.1) is 0 Å². The predicted molar refractivity (Wildman–Crippen MR) is 67.2 cm³/mol. The average molecular weight is 259 g/mol. The fraction of sp³-hybridized carbons (Fsp3) is 0.308. The highest BCUT2D eigenvalue weighted by molar-refractivity contribution is 5.66. The molecule has 6 heteroatoms. The zero-order valence-corrected chi connectivity index (χ0v) is 10.9. The number of carbonyl (C=O) groups is 1. The Hall–Kier alpha value is -2.37. The normalized spacial score (nSPS) is 10.4. The number of carboxylic acid groups (broad SMARTS) is 1. The van der Waals surface area contributed by atoms with E-state index in [2.05, 4.69) is 15.1 Å². The first-order valence-corrected chi connectivity index (χ1v) is 5.94. The van der Waals surface area contributed by atoms with Crippen LogP contribution in [0.5, 0.6) is 0 Å². The van der Waals surface area contributed by atoms with E-state index in [1.165, 1.54) is 0 Å². The standard InChI is InChI=1S/C13H14N4O2/c1-9-7-14-13(16-10(9)2)11-3-5-17(15-8-11)6-4-12(18)19/h3,5,7-8H,4,6H2,1-2H3/p+1. The number of aromatic nitrogens is 4. The van der Waals surface area contributed by atoms with Gasteiger partial charge in [0.1, 0.15) is 12.6 Å². The smallest absolute Gasteiger partial charge is 0.309 e. The highest BCUT2D eigenvalue weighted by Gasteiger charge is 2.09. The number of carboxylic acids is 1. The number of rotatable bonds is 4. The lowest BCUT2D eigenvalue weighted by Gasteiger charge is -2.02. The third-order valence-corrected chi connectivity index (χ3v) is 2.81. The van der Waals surface area contributed by atoms with Crippen LogP contribution in [0.3, 0.4) is 0 Å². The van der Waals surface area contributed by atoms with E-state index in [0.29, 0.717) is 12.4 Å². The summed E-state index contributed by atoms with van der Waals surface area (Å²) in [5.41, 5.74) is 2.80. The number of aliphatic carboxylic acids is 1. The van der Waals surface area contributed by atoms with Crippen molar-refractivity contribution in [3.63, 3.8) is 0 Å². The summed E-state index contributed by atoms with van der Waals surface area (Å²) in [4.78, 5) is 19.1. The van der Waals surface area contributed by atoms with Crippen molar-refractivity contribution in [2.75, 3.05) is 0 Å². The Bertz CT molecular complexity index is 596. The van der Waals surface area contributed by atoms with Gasteiger partial charge in [-0.3, -0.25) is 4.79 Å². The van der Waals surface area contributed by atoms with Crippen molar-refractivity contribution < 1.29 is 14.6 Å². The van der Waals surface area contributed by atoms with Gasteiger partial charge in [0.25, 0.3) is 0 Å². The maximum absolute atomic E-state index is 10.5. The van der Waals surface area contributed by atoms with Crippen LogP contribution in [-0.4, -0.2) is 26.1 Å². The summed E-state index contributed by atoms with van der Waals surface area (Å²) in [5, 5.41) is 12.8. The predicted octanol–water partition coefficient (Wildman–Crippen LogP) is 0.918. The van der Waals surface area contributed by atoms with Crippen LogP contribution in [0.1, 0.15) is 17.7 Å². The third kappa shape index (κ3) is 3.31. The number of nitrogens with zero attached hydrogens (tertiary/aromatic N) is 4. The highest BCUT2D eigenvalue weighted by Crippen LogP contribution is 2.13. The molecule has 6 nitrogen and oxygen atoms in total. The summed E-state index contributed by atoms with van der Waals surface area (Å²) >= 11 is 0. The zero-order chi connectivity index (χ0) is 13.8. The zero-order valence-electron chi connectivity index (χ0n) is 10.9. The molecule has 0 atom stereocenters. The van der Waals surface area contributed by atoms with Gasteiger partial charge in [-0.1, -0.05) is 4.68 Å². The molecule has 0 bridgehead atoms. The first-order valence-electron chi connectivity index (χ1n) is 5.94. The topological polar surface area (TPSA) is 79.9 Å². The second kappa shape index (κ2) is 5.51. The maximum atomic E-state index is 10.5. The van der Waals surface area contributed by atoms with Crippen molar-refractivity contribution in [1.82, 2.24) is 15.1 Å². The molecule has 0 spiro atoms. The van der Waals surface area contributed by atoms with Gasteiger partial charge in [-0.2, -0.15) is 0 Å². The van der Waals surface area contributed by atoms with Crippen LogP contribution in [0.4, 0.5) is 0 Å². The Kier molecular flexibility index (Phi) is 3.79. The van der Waals surface area contributed by atoms with Crippen molar-refractivity contribution in [1.29, 1.82) is 0 Å².